The molecule has 11 rings (SSSR count). The molecule has 316 valence electrons. The molecule has 5 aromatic rings. The van der Waals surface area contributed by atoms with E-state index in [1.165, 1.54) is 93.7 Å². The van der Waals surface area contributed by atoms with E-state index in [-0.39, 0.29) is 5.91 Å². The van der Waals surface area contributed by atoms with Crippen molar-refractivity contribution in [1.29, 1.82) is 0 Å². The standard InChI is InChI=1S/C25H30N6O2S.C21H27N3OS/c1-16-23(28-29-27-16)25(32)31-12-9-21-22(15-31)34-24(26-21)17-5-7-19(8-6-17)33-20-13-18(14-20)30-10-3-2-4-11-30;1-2-10-24(11-3-1)16-12-18(13-16)25-17-6-4-15(5-7-17)21-23-19-8-9-22-14-20(19)26-21/h5-8,18,20H,2-4,9-15H2,1H3,(H,27,28,29);4-7,16,18,22H,1-3,8-14H2. The van der Waals surface area contributed by atoms with Crippen molar-refractivity contribution in [3.63, 3.8) is 0 Å². The average Bonchev–Trinajstić information content (AvgIpc) is 4.02. The lowest BCUT2D eigenvalue weighted by atomic mass is 9.86. The van der Waals surface area contributed by atoms with Gasteiger partial charge < -0.3 is 29.5 Å². The van der Waals surface area contributed by atoms with Gasteiger partial charge in [-0.3, -0.25) is 4.79 Å². The highest BCUT2D eigenvalue weighted by Gasteiger charge is 2.37. The minimum atomic E-state index is -0.0770. The Morgan fingerprint density at radius 3 is 1.72 bits per heavy atom. The molecule has 7 heterocycles. The molecule has 2 saturated heterocycles. The van der Waals surface area contributed by atoms with Crippen LogP contribution in [0.4, 0.5) is 0 Å². The maximum atomic E-state index is 12.8. The first-order valence-electron chi connectivity index (χ1n) is 22.4. The fourth-order valence-electron chi connectivity index (χ4n) is 9.55. The molecule has 4 aliphatic heterocycles. The number of aryl methyl sites for hydroxylation is 1. The van der Waals surface area contributed by atoms with Gasteiger partial charge in [0.1, 0.15) is 33.7 Å². The fraction of sp³-hybridized carbons (Fsp3) is 0.543. The monoisotopic (exact) mass is 847 g/mol. The molecular weight excluding hydrogens is 791 g/mol. The van der Waals surface area contributed by atoms with Crippen LogP contribution in [0.3, 0.4) is 0 Å². The predicted molar refractivity (Wildman–Crippen MR) is 236 cm³/mol. The minimum absolute atomic E-state index is 0.0770. The number of hydrogen-bond acceptors (Lipinski definition) is 12. The Labute approximate surface area is 361 Å². The molecule has 2 N–H and O–H groups in total. The third-order valence-electron chi connectivity index (χ3n) is 13.3. The number of thiazole rings is 2. The fourth-order valence-corrected chi connectivity index (χ4v) is 11.8. The molecule has 1 amide bonds. The number of carbonyl (C=O) groups excluding carboxylic acids is 1. The zero-order valence-electron chi connectivity index (χ0n) is 34.7. The van der Waals surface area contributed by atoms with E-state index in [9.17, 15) is 4.79 Å². The Kier molecular flexibility index (Phi) is 12.0. The number of aromatic amines is 1. The Morgan fingerprint density at radius 1 is 0.667 bits per heavy atom. The van der Waals surface area contributed by atoms with Crippen LogP contribution < -0.4 is 14.8 Å². The number of carbonyl (C=O) groups is 1. The number of aromatic nitrogens is 5. The van der Waals surface area contributed by atoms with Crippen molar-refractivity contribution in [3.05, 3.63) is 81.1 Å². The quantitative estimate of drug-likeness (QED) is 0.153. The number of amides is 1. The van der Waals surface area contributed by atoms with Crippen LogP contribution in [0.1, 0.15) is 102 Å². The molecule has 0 radical (unpaired) electrons. The number of H-pyrrole nitrogens is 1. The lowest BCUT2D eigenvalue weighted by Crippen LogP contribution is -2.50. The van der Waals surface area contributed by atoms with Crippen molar-refractivity contribution in [1.82, 2.24) is 45.4 Å². The zero-order valence-corrected chi connectivity index (χ0v) is 36.4. The number of hydrogen-bond donors (Lipinski definition) is 2. The summed E-state index contributed by atoms with van der Waals surface area (Å²) in [6.45, 7) is 10.1. The second kappa shape index (κ2) is 18.0. The van der Waals surface area contributed by atoms with E-state index in [1.54, 1.807) is 18.3 Å². The molecule has 0 atom stereocenters. The number of rotatable bonds is 9. The summed E-state index contributed by atoms with van der Waals surface area (Å²) in [5.41, 5.74) is 5.71. The van der Waals surface area contributed by atoms with Gasteiger partial charge in [0, 0.05) is 91.1 Å². The van der Waals surface area contributed by atoms with Gasteiger partial charge in [0.25, 0.3) is 5.91 Å². The molecule has 12 nitrogen and oxygen atoms in total. The summed E-state index contributed by atoms with van der Waals surface area (Å²) in [5, 5.41) is 16.1. The molecule has 6 aliphatic rings. The molecule has 0 unspecified atom stereocenters. The Bertz CT molecular complexity index is 2190. The SMILES string of the molecule is Cc1n[nH]nc1C(=O)N1CCc2nc(-c3ccc(OC4CC(N5CCCCC5)C4)cc3)sc2C1.c1cc(-c2nc3c(s2)CNCC3)ccc1OC1CC(N2CCCCC2)C1. The van der Waals surface area contributed by atoms with Gasteiger partial charge >= 0.3 is 0 Å². The lowest BCUT2D eigenvalue weighted by molar-refractivity contribution is 0.00878. The van der Waals surface area contributed by atoms with Crippen LogP contribution in [0.15, 0.2) is 48.5 Å². The summed E-state index contributed by atoms with van der Waals surface area (Å²) < 4.78 is 12.4. The Morgan fingerprint density at radius 2 is 1.20 bits per heavy atom. The van der Waals surface area contributed by atoms with Crippen molar-refractivity contribution < 1.29 is 14.3 Å². The van der Waals surface area contributed by atoms with E-state index in [4.69, 9.17) is 19.4 Å². The third-order valence-corrected chi connectivity index (χ3v) is 15.6. The van der Waals surface area contributed by atoms with Crippen LogP contribution in [0.5, 0.6) is 11.5 Å². The number of ether oxygens (including phenoxy) is 2. The topological polar surface area (TPSA) is 125 Å². The van der Waals surface area contributed by atoms with Gasteiger partial charge in [-0.15, -0.1) is 22.7 Å². The van der Waals surface area contributed by atoms with Crippen LogP contribution in [0, 0.1) is 6.92 Å². The highest BCUT2D eigenvalue weighted by molar-refractivity contribution is 7.15. The Hall–Kier alpha value is -4.21. The van der Waals surface area contributed by atoms with Crippen LogP contribution in [0.25, 0.3) is 21.1 Å². The van der Waals surface area contributed by atoms with Gasteiger partial charge in [-0.25, -0.2) is 9.97 Å². The summed E-state index contributed by atoms with van der Waals surface area (Å²) in [7, 11) is 0. The number of fused-ring (bicyclic) bond motifs is 2. The highest BCUT2D eigenvalue weighted by atomic mass is 32.1. The van der Waals surface area contributed by atoms with E-state index >= 15 is 0 Å². The summed E-state index contributed by atoms with van der Waals surface area (Å²) >= 11 is 3.49. The third kappa shape index (κ3) is 8.90. The van der Waals surface area contributed by atoms with Gasteiger partial charge in [0.05, 0.1) is 23.6 Å². The molecule has 2 aliphatic carbocycles. The van der Waals surface area contributed by atoms with Crippen molar-refractivity contribution in [3.8, 4) is 32.6 Å². The molecule has 14 heteroatoms. The maximum absolute atomic E-state index is 12.8. The summed E-state index contributed by atoms with van der Waals surface area (Å²) in [6.07, 6.45) is 15.4. The first kappa shape index (κ1) is 39.9. The summed E-state index contributed by atoms with van der Waals surface area (Å²) in [4.78, 5) is 32.2. The van der Waals surface area contributed by atoms with Crippen LogP contribution >= 0.6 is 22.7 Å². The first-order chi connectivity index (χ1) is 29.5. The van der Waals surface area contributed by atoms with Crippen LogP contribution in [-0.2, 0) is 25.9 Å². The van der Waals surface area contributed by atoms with Gasteiger partial charge in [-0.1, -0.05) is 12.8 Å². The van der Waals surface area contributed by atoms with Crippen molar-refractivity contribution >= 4 is 28.6 Å². The minimum Gasteiger partial charge on any atom is -0.490 e. The maximum Gasteiger partial charge on any atom is 0.276 e. The van der Waals surface area contributed by atoms with E-state index in [0.717, 1.165) is 82.5 Å². The van der Waals surface area contributed by atoms with Crippen molar-refractivity contribution in [2.45, 2.75) is 121 Å². The highest BCUT2D eigenvalue weighted by Crippen LogP contribution is 2.37. The first-order valence-corrected chi connectivity index (χ1v) is 24.0. The van der Waals surface area contributed by atoms with Crippen molar-refractivity contribution in [2.24, 2.45) is 0 Å². The zero-order chi connectivity index (χ0) is 40.4. The molecule has 2 aromatic carbocycles. The molecule has 0 bridgehead atoms. The number of piperidine rings is 2. The number of nitrogens with one attached hydrogen (secondary N) is 2. The summed E-state index contributed by atoms with van der Waals surface area (Å²) in [6, 6.07) is 18.3. The predicted octanol–water partition coefficient (Wildman–Crippen LogP) is 7.68. The Balaban J connectivity index is 0.000000149. The molecule has 2 saturated carbocycles. The second-order valence-electron chi connectivity index (χ2n) is 17.4. The van der Waals surface area contributed by atoms with E-state index in [2.05, 4.69) is 79.1 Å². The normalized spacial score (nSPS) is 24.2. The average molecular weight is 848 g/mol. The second-order valence-corrected chi connectivity index (χ2v) is 19.6. The number of nitrogens with zero attached hydrogens (tertiary/aromatic N) is 7. The largest absolute Gasteiger partial charge is 0.490 e. The molecule has 4 fully saturated rings. The van der Waals surface area contributed by atoms with Crippen LogP contribution in [-0.4, -0.2) is 110 Å². The summed E-state index contributed by atoms with van der Waals surface area (Å²) in [5.74, 6) is 1.86. The molecule has 3 aromatic heterocycles. The van der Waals surface area contributed by atoms with E-state index in [0.29, 0.717) is 42.7 Å². The van der Waals surface area contributed by atoms with Gasteiger partial charge in [-0.05, 0) is 107 Å². The van der Waals surface area contributed by atoms with Crippen molar-refractivity contribution in [2.75, 3.05) is 39.3 Å². The molecular formula is C46H57N9O3S2. The van der Waals surface area contributed by atoms with Gasteiger partial charge in [0.15, 0.2) is 5.69 Å². The number of likely N-dealkylation sites (tertiary alicyclic amines) is 2. The molecule has 60 heavy (non-hydrogen) atoms. The smallest absolute Gasteiger partial charge is 0.276 e. The van der Waals surface area contributed by atoms with Gasteiger partial charge in [-0.2, -0.15) is 15.4 Å². The molecule has 0 spiro atoms. The van der Waals surface area contributed by atoms with Gasteiger partial charge in [0.2, 0.25) is 0 Å². The van der Waals surface area contributed by atoms with E-state index < -0.39 is 0 Å². The number of benzene rings is 2. The lowest BCUT2D eigenvalue weighted by Gasteiger charge is -2.44. The van der Waals surface area contributed by atoms with E-state index in [1.807, 2.05) is 16.2 Å². The van der Waals surface area contributed by atoms with Crippen LogP contribution in [0.2, 0.25) is 0 Å².